The van der Waals surface area contributed by atoms with Gasteiger partial charge in [0.25, 0.3) is 0 Å². The molecular weight excluding hydrogens is 741 g/mol. The lowest BCUT2D eigenvalue weighted by atomic mass is 9.97. The molecule has 3 heteroatoms. The van der Waals surface area contributed by atoms with Crippen LogP contribution in [0.4, 0.5) is 17.1 Å². The molecule has 3 nitrogen and oxygen atoms in total. The maximum Gasteiger partial charge on any atom is 0.143 e. The minimum Gasteiger partial charge on any atom is -0.455 e. The van der Waals surface area contributed by atoms with Crippen LogP contribution in [0.25, 0.3) is 93.6 Å². The maximum atomic E-state index is 6.66. The van der Waals surface area contributed by atoms with Gasteiger partial charge in [0, 0.05) is 49.6 Å². The summed E-state index contributed by atoms with van der Waals surface area (Å²) in [5, 5.41) is 7.11. The van der Waals surface area contributed by atoms with Crippen LogP contribution in [0.15, 0.2) is 235 Å². The Morgan fingerprint density at radius 1 is 0.344 bits per heavy atom. The Morgan fingerprint density at radius 3 is 1.82 bits per heavy atom. The first-order chi connectivity index (χ1) is 30.3. The van der Waals surface area contributed by atoms with E-state index >= 15 is 0 Å². The van der Waals surface area contributed by atoms with Gasteiger partial charge in [0.05, 0.1) is 22.4 Å². The first kappa shape index (κ1) is 34.9. The second kappa shape index (κ2) is 14.3. The van der Waals surface area contributed by atoms with Crippen molar-refractivity contribution in [2.75, 3.05) is 4.90 Å². The molecule has 2 heterocycles. The van der Waals surface area contributed by atoms with Gasteiger partial charge >= 0.3 is 0 Å². The Bertz CT molecular complexity index is 3590. The Kier molecular flexibility index (Phi) is 8.17. The average Bonchev–Trinajstić information content (AvgIpc) is 3.88. The quantitative estimate of drug-likeness (QED) is 0.161. The zero-order valence-electron chi connectivity index (χ0n) is 33.2. The monoisotopic (exact) mass is 778 g/mol. The molecule has 0 radical (unpaired) electrons. The van der Waals surface area contributed by atoms with E-state index in [0.717, 1.165) is 66.8 Å². The lowest BCUT2D eigenvalue weighted by Gasteiger charge is -2.28. The molecule has 0 aliphatic heterocycles. The summed E-state index contributed by atoms with van der Waals surface area (Å²) in [6.45, 7) is 0. The van der Waals surface area contributed by atoms with Crippen LogP contribution in [0.1, 0.15) is 0 Å². The van der Waals surface area contributed by atoms with Crippen molar-refractivity contribution in [3.8, 4) is 39.1 Å². The van der Waals surface area contributed by atoms with Crippen molar-refractivity contribution in [3.05, 3.63) is 231 Å². The lowest BCUT2D eigenvalue weighted by molar-refractivity contribution is 0.670. The molecule has 0 N–H and O–H groups in total. The van der Waals surface area contributed by atoms with E-state index in [1.807, 2.05) is 6.07 Å². The van der Waals surface area contributed by atoms with E-state index in [-0.39, 0.29) is 0 Å². The van der Waals surface area contributed by atoms with Crippen LogP contribution in [-0.4, -0.2) is 4.57 Å². The van der Waals surface area contributed by atoms with Gasteiger partial charge in [-0.05, 0) is 76.0 Å². The minimum atomic E-state index is 0.885. The number of anilines is 3. The average molecular weight is 779 g/mol. The molecule has 0 unspecified atom stereocenters. The van der Waals surface area contributed by atoms with Crippen molar-refractivity contribution < 1.29 is 4.42 Å². The molecule has 286 valence electrons. The van der Waals surface area contributed by atoms with E-state index in [4.69, 9.17) is 4.42 Å². The zero-order chi connectivity index (χ0) is 40.3. The molecule has 0 atom stereocenters. The highest BCUT2D eigenvalue weighted by Crippen LogP contribution is 2.46. The fourth-order valence-corrected chi connectivity index (χ4v) is 9.43. The number of nitrogens with zero attached hydrogens (tertiary/aromatic N) is 2. The van der Waals surface area contributed by atoms with Gasteiger partial charge < -0.3 is 13.9 Å². The Hall–Kier alpha value is -8.14. The van der Waals surface area contributed by atoms with Crippen molar-refractivity contribution in [1.29, 1.82) is 0 Å². The third kappa shape index (κ3) is 5.74. The summed E-state index contributed by atoms with van der Waals surface area (Å²) in [5.74, 6) is 0. The molecule has 0 saturated carbocycles. The van der Waals surface area contributed by atoms with Crippen molar-refractivity contribution in [2.24, 2.45) is 0 Å². The van der Waals surface area contributed by atoms with E-state index in [1.165, 1.54) is 43.8 Å². The van der Waals surface area contributed by atoms with E-state index in [9.17, 15) is 0 Å². The van der Waals surface area contributed by atoms with Crippen LogP contribution >= 0.6 is 0 Å². The number of furan rings is 1. The van der Waals surface area contributed by atoms with Crippen molar-refractivity contribution in [3.63, 3.8) is 0 Å². The fraction of sp³-hybridized carbons (Fsp3) is 0. The van der Waals surface area contributed by atoms with Crippen LogP contribution < -0.4 is 4.90 Å². The smallest absolute Gasteiger partial charge is 0.143 e. The summed E-state index contributed by atoms with van der Waals surface area (Å²) < 4.78 is 9.12. The maximum absolute atomic E-state index is 6.66. The Morgan fingerprint density at radius 2 is 0.934 bits per heavy atom. The topological polar surface area (TPSA) is 21.3 Å². The molecule has 0 amide bonds. The van der Waals surface area contributed by atoms with Crippen molar-refractivity contribution >= 4 is 71.6 Å². The largest absolute Gasteiger partial charge is 0.455 e. The van der Waals surface area contributed by atoms with E-state index < -0.39 is 0 Å². The fourth-order valence-electron chi connectivity index (χ4n) is 9.43. The van der Waals surface area contributed by atoms with Gasteiger partial charge in [0.15, 0.2) is 0 Å². The zero-order valence-corrected chi connectivity index (χ0v) is 33.2. The number of hydrogen-bond acceptors (Lipinski definition) is 2. The molecule has 10 aromatic carbocycles. The number of para-hydroxylation sites is 5. The third-order valence-corrected chi connectivity index (χ3v) is 12.2. The van der Waals surface area contributed by atoms with Gasteiger partial charge in [-0.3, -0.25) is 0 Å². The number of benzene rings is 10. The first-order valence-electron chi connectivity index (χ1n) is 20.8. The van der Waals surface area contributed by atoms with E-state index in [1.54, 1.807) is 0 Å². The molecule has 12 rings (SSSR count). The van der Waals surface area contributed by atoms with Crippen molar-refractivity contribution in [2.45, 2.75) is 0 Å². The Balaban J connectivity index is 1.11. The molecule has 12 aromatic rings. The lowest BCUT2D eigenvalue weighted by Crippen LogP contribution is -2.11. The van der Waals surface area contributed by atoms with Gasteiger partial charge in [-0.15, -0.1) is 0 Å². The number of aromatic nitrogens is 1. The highest BCUT2D eigenvalue weighted by Gasteiger charge is 2.23. The number of fused-ring (bicyclic) bond motifs is 7. The van der Waals surface area contributed by atoms with Gasteiger partial charge in [0.1, 0.15) is 11.2 Å². The molecule has 0 bridgehead atoms. The first-order valence-corrected chi connectivity index (χ1v) is 20.8. The van der Waals surface area contributed by atoms with Crippen LogP contribution in [0.2, 0.25) is 0 Å². The molecule has 61 heavy (non-hydrogen) atoms. The second-order valence-corrected chi connectivity index (χ2v) is 15.6. The summed E-state index contributed by atoms with van der Waals surface area (Å²) in [5.41, 5.74) is 15.3. The summed E-state index contributed by atoms with van der Waals surface area (Å²) >= 11 is 0. The van der Waals surface area contributed by atoms with Gasteiger partial charge in [0.2, 0.25) is 0 Å². The van der Waals surface area contributed by atoms with Gasteiger partial charge in [-0.1, -0.05) is 182 Å². The molecular formula is C58H38N2O. The predicted octanol–water partition coefficient (Wildman–Crippen LogP) is 16.3. The van der Waals surface area contributed by atoms with E-state index in [2.05, 4.69) is 234 Å². The SMILES string of the molecule is c1ccc(-c2ccc(N(c3ccc4c5ccccc5n(-c5ccccc5-c5cccc6ccccc56)c4c3)c3ccccc3-c3cccc4c3oc3ccccc34)cc2)cc1. The van der Waals surface area contributed by atoms with Crippen LogP contribution in [-0.2, 0) is 0 Å². The van der Waals surface area contributed by atoms with Crippen LogP contribution in [0.3, 0.4) is 0 Å². The molecule has 0 aliphatic carbocycles. The minimum absolute atomic E-state index is 0.885. The van der Waals surface area contributed by atoms with Crippen LogP contribution in [0.5, 0.6) is 0 Å². The number of hydrogen-bond donors (Lipinski definition) is 0. The highest BCUT2D eigenvalue weighted by molar-refractivity contribution is 6.13. The molecule has 0 fully saturated rings. The Labute approximate surface area is 353 Å². The molecule has 0 spiro atoms. The van der Waals surface area contributed by atoms with Crippen LogP contribution in [0, 0.1) is 0 Å². The summed E-state index contributed by atoms with van der Waals surface area (Å²) in [4.78, 5) is 2.41. The second-order valence-electron chi connectivity index (χ2n) is 15.6. The summed E-state index contributed by atoms with van der Waals surface area (Å²) in [6.07, 6.45) is 0. The summed E-state index contributed by atoms with van der Waals surface area (Å²) in [6, 6.07) is 82.9. The van der Waals surface area contributed by atoms with Gasteiger partial charge in [-0.25, -0.2) is 0 Å². The normalized spacial score (nSPS) is 11.6. The van der Waals surface area contributed by atoms with E-state index in [0.29, 0.717) is 0 Å². The molecule has 0 aliphatic rings. The predicted molar refractivity (Wildman–Crippen MR) is 257 cm³/mol. The third-order valence-electron chi connectivity index (χ3n) is 12.2. The standard InChI is InChI=1S/C58H38N2O/c1-2-16-39(17-3-1)40-32-34-42(35-33-40)59(53-28-10-8-23-48(53)51-26-15-27-52-50-24-9-13-31-57(50)61-58(51)52)43-36-37-49-47-22-7-12-30-55(47)60(56(49)38-43)54-29-11-6-21-46(54)45-25-14-19-41-18-4-5-20-44(41)45/h1-38H. The van der Waals surface area contributed by atoms with Crippen molar-refractivity contribution in [1.82, 2.24) is 4.57 Å². The molecule has 0 saturated heterocycles. The van der Waals surface area contributed by atoms with Gasteiger partial charge in [-0.2, -0.15) is 0 Å². The number of rotatable bonds is 7. The summed E-state index contributed by atoms with van der Waals surface area (Å²) in [7, 11) is 0. The highest BCUT2D eigenvalue weighted by atomic mass is 16.3. The molecule has 2 aromatic heterocycles.